The van der Waals surface area contributed by atoms with Gasteiger partial charge < -0.3 is 9.80 Å². The largest absolute Gasteiger partial charge is 0.368 e. The number of benzene rings is 1. The van der Waals surface area contributed by atoms with Crippen molar-refractivity contribution in [2.24, 2.45) is 0 Å². The highest BCUT2D eigenvalue weighted by atomic mass is 16.2. The van der Waals surface area contributed by atoms with E-state index >= 15 is 0 Å². The molecule has 0 aromatic heterocycles. The highest BCUT2D eigenvalue weighted by molar-refractivity contribution is 5.87. The third-order valence-electron chi connectivity index (χ3n) is 3.02. The molecule has 0 radical (unpaired) electrons. The Hall–Kier alpha value is -1.77. The third kappa shape index (κ3) is 2.87. The lowest BCUT2D eigenvalue weighted by atomic mass is 10.2. The molecule has 0 atom stereocenters. The standard InChI is InChI=1S/C14H18N2O/c1-2-6-14(17)16-11-9-15(10-12-16)13-7-4-3-5-8-13/h2-8H,9-12H2,1H3/b6-2-. The Bertz CT molecular complexity index is 392. The minimum Gasteiger partial charge on any atom is -0.368 e. The smallest absolute Gasteiger partial charge is 0.246 e. The van der Waals surface area contributed by atoms with Crippen LogP contribution >= 0.6 is 0 Å². The van der Waals surface area contributed by atoms with Crippen molar-refractivity contribution in [2.75, 3.05) is 31.1 Å². The van der Waals surface area contributed by atoms with Gasteiger partial charge in [0.25, 0.3) is 0 Å². The van der Waals surface area contributed by atoms with Gasteiger partial charge in [0.05, 0.1) is 0 Å². The molecule has 1 aliphatic heterocycles. The molecule has 3 nitrogen and oxygen atoms in total. The zero-order chi connectivity index (χ0) is 12.1. The second-order valence-electron chi connectivity index (χ2n) is 4.15. The number of hydrogen-bond acceptors (Lipinski definition) is 2. The molecule has 0 spiro atoms. The molecule has 90 valence electrons. The Morgan fingerprint density at radius 3 is 2.35 bits per heavy atom. The number of carbonyl (C=O) groups is 1. The van der Waals surface area contributed by atoms with E-state index in [9.17, 15) is 4.79 Å². The number of anilines is 1. The van der Waals surface area contributed by atoms with Crippen LogP contribution in [0.3, 0.4) is 0 Å². The van der Waals surface area contributed by atoms with Crippen molar-refractivity contribution >= 4 is 11.6 Å². The molecule has 2 rings (SSSR count). The van der Waals surface area contributed by atoms with Crippen LogP contribution in [0.5, 0.6) is 0 Å². The minimum absolute atomic E-state index is 0.125. The van der Waals surface area contributed by atoms with Crippen LogP contribution in [-0.2, 0) is 4.79 Å². The quantitative estimate of drug-likeness (QED) is 0.725. The van der Waals surface area contributed by atoms with E-state index in [1.807, 2.05) is 30.0 Å². The van der Waals surface area contributed by atoms with Crippen molar-refractivity contribution in [2.45, 2.75) is 6.92 Å². The molecule has 1 aromatic carbocycles. The zero-order valence-corrected chi connectivity index (χ0v) is 10.2. The Morgan fingerprint density at radius 1 is 1.12 bits per heavy atom. The summed E-state index contributed by atoms with van der Waals surface area (Å²) in [6, 6.07) is 10.3. The zero-order valence-electron chi connectivity index (χ0n) is 10.2. The summed E-state index contributed by atoms with van der Waals surface area (Å²) in [4.78, 5) is 15.9. The van der Waals surface area contributed by atoms with E-state index in [4.69, 9.17) is 0 Å². The molecule has 1 aliphatic rings. The molecule has 1 saturated heterocycles. The molecule has 1 amide bonds. The summed E-state index contributed by atoms with van der Waals surface area (Å²) >= 11 is 0. The normalized spacial score (nSPS) is 16.5. The molecule has 1 heterocycles. The van der Waals surface area contributed by atoms with E-state index in [1.165, 1.54) is 5.69 Å². The molecular formula is C14H18N2O. The average Bonchev–Trinajstić information content (AvgIpc) is 2.40. The van der Waals surface area contributed by atoms with Gasteiger partial charge in [-0.1, -0.05) is 24.3 Å². The first-order valence-electron chi connectivity index (χ1n) is 6.03. The number of carbonyl (C=O) groups excluding carboxylic acids is 1. The van der Waals surface area contributed by atoms with Crippen LogP contribution < -0.4 is 4.90 Å². The Kier molecular flexibility index (Phi) is 3.81. The SMILES string of the molecule is C/C=C\C(=O)N1CCN(c2ccccc2)CC1. The van der Waals surface area contributed by atoms with Crippen molar-refractivity contribution in [3.8, 4) is 0 Å². The first-order valence-corrected chi connectivity index (χ1v) is 6.03. The maximum absolute atomic E-state index is 11.7. The Morgan fingerprint density at radius 2 is 1.76 bits per heavy atom. The molecule has 1 aromatic rings. The van der Waals surface area contributed by atoms with E-state index in [2.05, 4.69) is 17.0 Å². The molecule has 0 aliphatic carbocycles. The van der Waals surface area contributed by atoms with Gasteiger partial charge in [0.1, 0.15) is 0 Å². The van der Waals surface area contributed by atoms with Gasteiger partial charge in [-0.3, -0.25) is 4.79 Å². The number of rotatable bonds is 2. The lowest BCUT2D eigenvalue weighted by Gasteiger charge is -2.35. The van der Waals surface area contributed by atoms with E-state index in [1.54, 1.807) is 12.2 Å². The van der Waals surface area contributed by atoms with Crippen molar-refractivity contribution in [3.63, 3.8) is 0 Å². The van der Waals surface area contributed by atoms with Gasteiger partial charge in [-0.05, 0) is 25.1 Å². The first-order chi connectivity index (χ1) is 8.31. The van der Waals surface area contributed by atoms with E-state index < -0.39 is 0 Å². The second kappa shape index (κ2) is 5.53. The van der Waals surface area contributed by atoms with E-state index in [0.717, 1.165) is 26.2 Å². The summed E-state index contributed by atoms with van der Waals surface area (Å²) < 4.78 is 0. The van der Waals surface area contributed by atoms with Gasteiger partial charge in [0, 0.05) is 31.9 Å². The topological polar surface area (TPSA) is 23.6 Å². The van der Waals surface area contributed by atoms with Crippen molar-refractivity contribution in [1.29, 1.82) is 0 Å². The number of piperazine rings is 1. The number of allylic oxidation sites excluding steroid dienone is 1. The minimum atomic E-state index is 0.125. The van der Waals surface area contributed by atoms with Crippen molar-refractivity contribution in [1.82, 2.24) is 4.90 Å². The monoisotopic (exact) mass is 230 g/mol. The highest BCUT2D eigenvalue weighted by Crippen LogP contribution is 2.15. The summed E-state index contributed by atoms with van der Waals surface area (Å²) in [5, 5.41) is 0. The van der Waals surface area contributed by atoms with E-state index in [-0.39, 0.29) is 5.91 Å². The summed E-state index contributed by atoms with van der Waals surface area (Å²) in [7, 11) is 0. The van der Waals surface area contributed by atoms with Gasteiger partial charge in [-0.25, -0.2) is 0 Å². The Balaban J connectivity index is 1.92. The molecule has 3 heteroatoms. The van der Waals surface area contributed by atoms with Crippen LogP contribution in [0.25, 0.3) is 0 Å². The van der Waals surface area contributed by atoms with Gasteiger partial charge in [0.2, 0.25) is 5.91 Å². The van der Waals surface area contributed by atoms with Crippen molar-refractivity contribution in [3.05, 3.63) is 42.5 Å². The fourth-order valence-corrected chi connectivity index (χ4v) is 2.07. The molecule has 0 N–H and O–H groups in total. The first kappa shape index (κ1) is 11.7. The van der Waals surface area contributed by atoms with Crippen LogP contribution in [0, 0.1) is 0 Å². The number of hydrogen-bond donors (Lipinski definition) is 0. The van der Waals surface area contributed by atoms with Gasteiger partial charge in [-0.2, -0.15) is 0 Å². The molecule has 1 fully saturated rings. The summed E-state index contributed by atoms with van der Waals surface area (Å²) in [6.07, 6.45) is 3.43. The average molecular weight is 230 g/mol. The molecule has 0 saturated carbocycles. The molecule has 0 unspecified atom stereocenters. The van der Waals surface area contributed by atoms with Gasteiger partial charge in [0.15, 0.2) is 0 Å². The fraction of sp³-hybridized carbons (Fsp3) is 0.357. The van der Waals surface area contributed by atoms with Crippen LogP contribution in [-0.4, -0.2) is 37.0 Å². The summed E-state index contributed by atoms with van der Waals surface area (Å²) in [5.74, 6) is 0.125. The van der Waals surface area contributed by atoms with E-state index in [0.29, 0.717) is 0 Å². The summed E-state index contributed by atoms with van der Waals surface area (Å²) in [6.45, 7) is 5.30. The maximum Gasteiger partial charge on any atom is 0.246 e. The van der Waals surface area contributed by atoms with Gasteiger partial charge in [-0.15, -0.1) is 0 Å². The van der Waals surface area contributed by atoms with Gasteiger partial charge >= 0.3 is 0 Å². The molecule has 17 heavy (non-hydrogen) atoms. The predicted molar refractivity (Wildman–Crippen MR) is 70.0 cm³/mol. The highest BCUT2D eigenvalue weighted by Gasteiger charge is 2.19. The maximum atomic E-state index is 11.7. The molecular weight excluding hydrogens is 212 g/mol. The van der Waals surface area contributed by atoms with Crippen molar-refractivity contribution < 1.29 is 4.79 Å². The predicted octanol–water partition coefficient (Wildman–Crippen LogP) is 1.91. The fourth-order valence-electron chi connectivity index (χ4n) is 2.07. The molecule has 0 bridgehead atoms. The van der Waals surface area contributed by atoms with Crippen LogP contribution in [0.4, 0.5) is 5.69 Å². The number of amides is 1. The van der Waals surface area contributed by atoms with Crippen LogP contribution in [0.2, 0.25) is 0 Å². The number of para-hydroxylation sites is 1. The third-order valence-corrected chi connectivity index (χ3v) is 3.02. The second-order valence-corrected chi connectivity index (χ2v) is 4.15. The lowest BCUT2D eigenvalue weighted by Crippen LogP contribution is -2.48. The lowest BCUT2D eigenvalue weighted by molar-refractivity contribution is -0.126. The Labute approximate surface area is 102 Å². The van der Waals surface area contributed by atoms with Crippen LogP contribution in [0.1, 0.15) is 6.92 Å². The summed E-state index contributed by atoms with van der Waals surface area (Å²) in [5.41, 5.74) is 1.24. The number of nitrogens with zero attached hydrogens (tertiary/aromatic N) is 2. The van der Waals surface area contributed by atoms with Crippen LogP contribution in [0.15, 0.2) is 42.5 Å².